The quantitative estimate of drug-likeness (QED) is 0.741. The van der Waals surface area contributed by atoms with Gasteiger partial charge >= 0.3 is 0 Å². The number of rotatable bonds is 6. The molecule has 1 unspecified atom stereocenters. The van der Waals surface area contributed by atoms with Crippen LogP contribution >= 0.6 is 0 Å². The molecule has 1 rings (SSSR count). The van der Waals surface area contributed by atoms with Gasteiger partial charge in [0.15, 0.2) is 0 Å². The molecule has 0 aromatic carbocycles. The van der Waals surface area contributed by atoms with Gasteiger partial charge in [-0.25, -0.2) is 4.98 Å². The molecule has 0 radical (unpaired) electrons. The zero-order chi connectivity index (χ0) is 11.8. The summed E-state index contributed by atoms with van der Waals surface area (Å²) in [6.45, 7) is 0.950. The summed E-state index contributed by atoms with van der Waals surface area (Å²) in [6.07, 6.45) is 1.64. The topological polar surface area (TPSA) is 78.2 Å². The monoisotopic (exact) mass is 221 g/mol. The van der Waals surface area contributed by atoms with Crippen molar-refractivity contribution in [3.63, 3.8) is 0 Å². The lowest BCUT2D eigenvalue weighted by Gasteiger charge is -2.10. The average molecular weight is 221 g/mol. The number of aromatic nitrogens is 1. The second-order valence-electron chi connectivity index (χ2n) is 3.37. The van der Waals surface area contributed by atoms with Crippen molar-refractivity contribution in [3.8, 4) is 6.07 Å². The Morgan fingerprint density at radius 2 is 2.44 bits per heavy atom. The molecule has 1 atom stereocenters. The maximum atomic E-state index is 9.38. The van der Waals surface area contributed by atoms with Gasteiger partial charge in [0.2, 0.25) is 0 Å². The van der Waals surface area contributed by atoms with Crippen LogP contribution in [-0.4, -0.2) is 36.5 Å². The van der Waals surface area contributed by atoms with E-state index >= 15 is 0 Å². The van der Waals surface area contributed by atoms with E-state index in [0.29, 0.717) is 31.0 Å². The largest absolute Gasteiger partial charge is 0.391 e. The molecule has 0 saturated carbocycles. The molecule has 0 fully saturated rings. The van der Waals surface area contributed by atoms with Crippen LogP contribution in [0.1, 0.15) is 12.0 Å². The van der Waals surface area contributed by atoms with Crippen LogP contribution in [0.4, 0.5) is 5.82 Å². The van der Waals surface area contributed by atoms with E-state index < -0.39 is 6.10 Å². The third-order valence-electron chi connectivity index (χ3n) is 2.04. The fourth-order valence-electron chi connectivity index (χ4n) is 1.21. The van der Waals surface area contributed by atoms with Gasteiger partial charge in [-0.2, -0.15) is 5.26 Å². The maximum Gasteiger partial charge on any atom is 0.125 e. The van der Waals surface area contributed by atoms with Gasteiger partial charge < -0.3 is 15.2 Å². The highest BCUT2D eigenvalue weighted by molar-refractivity contribution is 5.38. The first kappa shape index (κ1) is 12.4. The van der Waals surface area contributed by atoms with Crippen LogP contribution in [0, 0.1) is 11.3 Å². The number of nitrogens with one attached hydrogen (secondary N) is 1. The molecule has 0 bridgehead atoms. The molecule has 1 aromatic heterocycles. The summed E-state index contributed by atoms with van der Waals surface area (Å²) in [5.74, 6) is 0.698. The Hall–Kier alpha value is -1.64. The maximum absolute atomic E-state index is 9.38. The lowest BCUT2D eigenvalue weighted by molar-refractivity contribution is 0.0615. The Morgan fingerprint density at radius 1 is 1.62 bits per heavy atom. The minimum atomic E-state index is -0.462. The molecule has 0 amide bonds. The van der Waals surface area contributed by atoms with Crippen molar-refractivity contribution in [2.24, 2.45) is 0 Å². The first-order valence-corrected chi connectivity index (χ1v) is 5.03. The second-order valence-corrected chi connectivity index (χ2v) is 3.37. The molecule has 1 heterocycles. The molecule has 5 heteroatoms. The molecule has 0 aliphatic rings. The van der Waals surface area contributed by atoms with Crippen LogP contribution < -0.4 is 5.32 Å². The predicted molar refractivity (Wildman–Crippen MR) is 59.9 cm³/mol. The lowest BCUT2D eigenvalue weighted by Crippen LogP contribution is -2.18. The number of nitrogens with zero attached hydrogens (tertiary/aromatic N) is 2. The van der Waals surface area contributed by atoms with Gasteiger partial charge in [-0.1, -0.05) is 0 Å². The number of ether oxygens (including phenoxy) is 1. The Morgan fingerprint density at radius 3 is 3.00 bits per heavy atom. The van der Waals surface area contributed by atoms with Crippen molar-refractivity contribution in [3.05, 3.63) is 23.9 Å². The molecule has 16 heavy (non-hydrogen) atoms. The number of aliphatic hydroxyl groups excluding tert-OH is 1. The van der Waals surface area contributed by atoms with Crippen molar-refractivity contribution in [2.75, 3.05) is 25.6 Å². The Labute approximate surface area is 94.7 Å². The Bertz CT molecular complexity index is 345. The van der Waals surface area contributed by atoms with Gasteiger partial charge in [-0.15, -0.1) is 0 Å². The second kappa shape index (κ2) is 6.77. The summed E-state index contributed by atoms with van der Waals surface area (Å²) in [7, 11) is 1.55. The third-order valence-corrected chi connectivity index (χ3v) is 2.04. The molecule has 5 nitrogen and oxygen atoms in total. The number of anilines is 1. The summed E-state index contributed by atoms with van der Waals surface area (Å²) in [5.41, 5.74) is 0.532. The highest BCUT2D eigenvalue weighted by atomic mass is 16.5. The first-order valence-electron chi connectivity index (χ1n) is 5.03. The Kier molecular flexibility index (Phi) is 5.26. The van der Waals surface area contributed by atoms with Gasteiger partial charge in [0.25, 0.3) is 0 Å². The summed E-state index contributed by atoms with van der Waals surface area (Å²) in [6, 6.07) is 5.43. The van der Waals surface area contributed by atoms with Gasteiger partial charge in [0, 0.05) is 19.9 Å². The van der Waals surface area contributed by atoms with Gasteiger partial charge in [0.05, 0.1) is 18.3 Å². The van der Waals surface area contributed by atoms with Crippen LogP contribution in [0.2, 0.25) is 0 Å². The highest BCUT2D eigenvalue weighted by Gasteiger charge is 2.02. The predicted octanol–water partition coefficient (Wildman–Crippen LogP) is 0.763. The standard InChI is InChI=1S/C11H15N3O2/c1-16-8-10(15)4-5-13-11-3-2-9(6-12)7-14-11/h2-3,7,10,15H,4-5,8H2,1H3,(H,13,14). The van der Waals surface area contributed by atoms with E-state index in [1.54, 1.807) is 19.2 Å². The average Bonchev–Trinajstić information content (AvgIpc) is 2.30. The first-order chi connectivity index (χ1) is 7.76. The van der Waals surface area contributed by atoms with E-state index in [1.165, 1.54) is 6.20 Å². The van der Waals surface area contributed by atoms with Gasteiger partial charge in [-0.05, 0) is 18.6 Å². The van der Waals surface area contributed by atoms with E-state index in [-0.39, 0.29) is 0 Å². The highest BCUT2D eigenvalue weighted by Crippen LogP contribution is 2.04. The fraction of sp³-hybridized carbons (Fsp3) is 0.455. The van der Waals surface area contributed by atoms with Crippen molar-refractivity contribution >= 4 is 5.82 Å². The minimum Gasteiger partial charge on any atom is -0.391 e. The number of nitriles is 1. The zero-order valence-corrected chi connectivity index (χ0v) is 9.18. The zero-order valence-electron chi connectivity index (χ0n) is 9.18. The molecule has 0 saturated heterocycles. The van der Waals surface area contributed by atoms with Gasteiger partial charge in [0.1, 0.15) is 11.9 Å². The van der Waals surface area contributed by atoms with E-state index in [0.717, 1.165) is 0 Å². The third kappa shape index (κ3) is 4.26. The van der Waals surface area contributed by atoms with Crippen LogP contribution in [0.5, 0.6) is 0 Å². The molecule has 0 spiro atoms. The van der Waals surface area contributed by atoms with Crippen LogP contribution in [0.15, 0.2) is 18.3 Å². The van der Waals surface area contributed by atoms with E-state index in [2.05, 4.69) is 10.3 Å². The number of hydrogen-bond donors (Lipinski definition) is 2. The summed E-state index contributed by atoms with van der Waals surface area (Å²) in [5, 5.41) is 21.0. The van der Waals surface area contributed by atoms with Crippen molar-refractivity contribution in [1.29, 1.82) is 5.26 Å². The summed E-state index contributed by atoms with van der Waals surface area (Å²) in [4.78, 5) is 4.05. The molecule has 2 N–H and O–H groups in total. The van der Waals surface area contributed by atoms with Crippen LogP contribution in [0.25, 0.3) is 0 Å². The molecule has 86 valence electrons. The molecular formula is C11H15N3O2. The lowest BCUT2D eigenvalue weighted by atomic mass is 10.2. The van der Waals surface area contributed by atoms with Crippen molar-refractivity contribution in [1.82, 2.24) is 4.98 Å². The van der Waals surface area contributed by atoms with Crippen molar-refractivity contribution < 1.29 is 9.84 Å². The minimum absolute atomic E-state index is 0.336. The number of aliphatic hydroxyl groups is 1. The Balaban J connectivity index is 2.29. The molecular weight excluding hydrogens is 206 g/mol. The fourth-order valence-corrected chi connectivity index (χ4v) is 1.21. The molecule has 1 aromatic rings. The number of pyridine rings is 1. The number of hydrogen-bond acceptors (Lipinski definition) is 5. The van der Waals surface area contributed by atoms with Crippen molar-refractivity contribution in [2.45, 2.75) is 12.5 Å². The smallest absolute Gasteiger partial charge is 0.125 e. The number of methoxy groups -OCH3 is 1. The van der Waals surface area contributed by atoms with E-state index in [9.17, 15) is 5.11 Å². The van der Waals surface area contributed by atoms with Crippen LogP contribution in [-0.2, 0) is 4.74 Å². The SMILES string of the molecule is COCC(O)CCNc1ccc(C#N)cn1. The van der Waals surface area contributed by atoms with Crippen LogP contribution in [0.3, 0.4) is 0 Å². The summed E-state index contributed by atoms with van der Waals surface area (Å²) < 4.78 is 4.81. The van der Waals surface area contributed by atoms with E-state index in [4.69, 9.17) is 10.00 Å². The molecule has 0 aliphatic carbocycles. The molecule has 0 aliphatic heterocycles. The normalized spacial score (nSPS) is 11.8. The summed E-state index contributed by atoms with van der Waals surface area (Å²) >= 11 is 0. The van der Waals surface area contributed by atoms with E-state index in [1.807, 2.05) is 6.07 Å². The van der Waals surface area contributed by atoms with Gasteiger partial charge in [-0.3, -0.25) is 0 Å².